The fraction of sp³-hybridized carbons (Fsp3) is 0.278. The Labute approximate surface area is 143 Å². The molecule has 2 aromatic carbocycles. The summed E-state index contributed by atoms with van der Waals surface area (Å²) < 4.78 is 24.5. The minimum Gasteiger partial charge on any atom is -0.348 e. The maximum absolute atomic E-state index is 12.1. The summed E-state index contributed by atoms with van der Waals surface area (Å²) in [6, 6.07) is 15.2. The summed E-state index contributed by atoms with van der Waals surface area (Å²) >= 11 is 0. The highest BCUT2D eigenvalue weighted by molar-refractivity contribution is 7.88. The molecular formula is C18H22N2O3S. The fourth-order valence-electron chi connectivity index (χ4n) is 2.19. The molecule has 1 amide bonds. The molecule has 0 bridgehead atoms. The number of benzene rings is 2. The van der Waals surface area contributed by atoms with Crippen LogP contribution in [-0.2, 0) is 23.0 Å². The zero-order valence-electron chi connectivity index (χ0n) is 13.9. The molecule has 2 aromatic rings. The van der Waals surface area contributed by atoms with Gasteiger partial charge in [0.05, 0.1) is 6.26 Å². The third-order valence-corrected chi connectivity index (χ3v) is 4.30. The number of hydrogen-bond acceptors (Lipinski definition) is 3. The van der Waals surface area contributed by atoms with Gasteiger partial charge < -0.3 is 5.32 Å². The highest BCUT2D eigenvalue weighted by Gasteiger charge is 2.06. The Morgan fingerprint density at radius 3 is 2.12 bits per heavy atom. The summed E-state index contributed by atoms with van der Waals surface area (Å²) in [6.07, 6.45) is 1.72. The Bertz CT molecular complexity index is 782. The summed E-state index contributed by atoms with van der Waals surface area (Å²) in [5.74, 6) is -0.128. The predicted molar refractivity (Wildman–Crippen MR) is 95.3 cm³/mol. The Morgan fingerprint density at radius 2 is 1.54 bits per heavy atom. The zero-order chi connectivity index (χ0) is 17.6. The Balaban J connectivity index is 1.85. The first-order valence-electron chi connectivity index (χ1n) is 7.71. The van der Waals surface area contributed by atoms with Crippen molar-refractivity contribution in [3.05, 3.63) is 70.8 Å². The van der Waals surface area contributed by atoms with Crippen molar-refractivity contribution in [2.45, 2.75) is 19.9 Å². The van der Waals surface area contributed by atoms with Crippen molar-refractivity contribution in [3.63, 3.8) is 0 Å². The average Bonchev–Trinajstić information content (AvgIpc) is 2.53. The number of hydrogen-bond donors (Lipinski definition) is 2. The molecule has 0 saturated heterocycles. The van der Waals surface area contributed by atoms with E-state index >= 15 is 0 Å². The van der Waals surface area contributed by atoms with E-state index in [2.05, 4.69) is 10.0 Å². The third-order valence-electron chi connectivity index (χ3n) is 3.57. The van der Waals surface area contributed by atoms with Gasteiger partial charge in [-0.05, 0) is 36.6 Å². The van der Waals surface area contributed by atoms with Gasteiger partial charge in [0.2, 0.25) is 10.0 Å². The summed E-state index contributed by atoms with van der Waals surface area (Å²) in [4.78, 5) is 12.1. The van der Waals surface area contributed by atoms with E-state index in [1.54, 1.807) is 12.1 Å². The van der Waals surface area contributed by atoms with Gasteiger partial charge in [-0.25, -0.2) is 13.1 Å². The largest absolute Gasteiger partial charge is 0.348 e. The van der Waals surface area contributed by atoms with Crippen molar-refractivity contribution in [2.75, 3.05) is 12.8 Å². The van der Waals surface area contributed by atoms with E-state index in [9.17, 15) is 13.2 Å². The van der Waals surface area contributed by atoms with Gasteiger partial charge in [-0.3, -0.25) is 4.79 Å². The lowest BCUT2D eigenvalue weighted by Crippen LogP contribution is -2.24. The van der Waals surface area contributed by atoms with E-state index in [1.165, 1.54) is 5.56 Å². The topological polar surface area (TPSA) is 75.3 Å². The van der Waals surface area contributed by atoms with Crippen molar-refractivity contribution < 1.29 is 13.2 Å². The average molecular weight is 346 g/mol. The summed E-state index contributed by atoms with van der Waals surface area (Å²) in [7, 11) is -3.17. The molecule has 5 nitrogen and oxygen atoms in total. The number of amides is 1. The molecule has 0 aliphatic carbocycles. The lowest BCUT2D eigenvalue weighted by Gasteiger charge is -2.07. The van der Waals surface area contributed by atoms with Crippen LogP contribution >= 0.6 is 0 Å². The van der Waals surface area contributed by atoms with E-state index in [0.29, 0.717) is 25.1 Å². The van der Waals surface area contributed by atoms with Crippen molar-refractivity contribution in [3.8, 4) is 0 Å². The fourth-order valence-corrected chi connectivity index (χ4v) is 2.67. The van der Waals surface area contributed by atoms with Gasteiger partial charge in [-0.15, -0.1) is 0 Å². The minimum absolute atomic E-state index is 0.128. The van der Waals surface area contributed by atoms with Crippen LogP contribution in [0.15, 0.2) is 48.5 Å². The van der Waals surface area contributed by atoms with E-state index in [4.69, 9.17) is 0 Å². The first-order chi connectivity index (χ1) is 11.3. The molecule has 24 heavy (non-hydrogen) atoms. The van der Waals surface area contributed by atoms with E-state index in [1.807, 2.05) is 43.3 Å². The Kier molecular flexibility index (Phi) is 6.11. The molecule has 0 aromatic heterocycles. The third kappa shape index (κ3) is 6.14. The molecule has 128 valence electrons. The predicted octanol–water partition coefficient (Wildman–Crippen LogP) is 2.02. The van der Waals surface area contributed by atoms with Crippen LogP contribution in [0, 0.1) is 6.92 Å². The van der Waals surface area contributed by atoms with Crippen molar-refractivity contribution >= 4 is 15.9 Å². The van der Waals surface area contributed by atoms with Gasteiger partial charge in [-0.1, -0.05) is 42.0 Å². The molecule has 0 fully saturated rings. The van der Waals surface area contributed by atoms with Crippen molar-refractivity contribution in [1.82, 2.24) is 10.0 Å². The highest BCUT2D eigenvalue weighted by atomic mass is 32.2. The van der Waals surface area contributed by atoms with E-state index in [-0.39, 0.29) is 5.91 Å². The number of sulfonamides is 1. The van der Waals surface area contributed by atoms with Crippen LogP contribution in [-0.4, -0.2) is 27.1 Å². The normalized spacial score (nSPS) is 11.2. The molecule has 6 heteroatoms. The van der Waals surface area contributed by atoms with E-state index < -0.39 is 10.0 Å². The number of nitrogens with one attached hydrogen (secondary N) is 2. The Hall–Kier alpha value is -2.18. The van der Waals surface area contributed by atoms with Crippen LogP contribution in [0.2, 0.25) is 0 Å². The smallest absolute Gasteiger partial charge is 0.251 e. The van der Waals surface area contributed by atoms with Gasteiger partial charge >= 0.3 is 0 Å². The number of carbonyl (C=O) groups is 1. The molecule has 0 spiro atoms. The molecular weight excluding hydrogens is 324 g/mol. The SMILES string of the molecule is Cc1ccc(CNC(=O)c2ccc(CCNS(C)(=O)=O)cc2)cc1. The first-order valence-corrected chi connectivity index (χ1v) is 9.60. The summed E-state index contributed by atoms with van der Waals surface area (Å²) in [5.41, 5.74) is 3.80. The lowest BCUT2D eigenvalue weighted by atomic mass is 10.1. The van der Waals surface area contributed by atoms with E-state index in [0.717, 1.165) is 17.4 Å². The molecule has 0 unspecified atom stereocenters. The van der Waals surface area contributed by atoms with Crippen LogP contribution in [0.3, 0.4) is 0 Å². The second kappa shape index (κ2) is 8.08. The second-order valence-electron chi connectivity index (χ2n) is 5.78. The number of aryl methyl sites for hydroxylation is 1. The van der Waals surface area contributed by atoms with Gasteiger partial charge in [-0.2, -0.15) is 0 Å². The highest BCUT2D eigenvalue weighted by Crippen LogP contribution is 2.07. The number of carbonyl (C=O) groups excluding carboxylic acids is 1. The zero-order valence-corrected chi connectivity index (χ0v) is 14.7. The van der Waals surface area contributed by atoms with Gasteiger partial charge in [0.1, 0.15) is 0 Å². The van der Waals surface area contributed by atoms with Crippen LogP contribution in [0.4, 0.5) is 0 Å². The monoisotopic (exact) mass is 346 g/mol. The quantitative estimate of drug-likeness (QED) is 0.805. The minimum atomic E-state index is -3.17. The maximum Gasteiger partial charge on any atom is 0.251 e. The van der Waals surface area contributed by atoms with Gasteiger partial charge in [0, 0.05) is 18.7 Å². The molecule has 2 rings (SSSR count). The molecule has 0 heterocycles. The standard InChI is InChI=1S/C18H22N2O3S/c1-14-3-5-16(6-4-14)13-19-18(21)17-9-7-15(8-10-17)11-12-20-24(2,22)23/h3-10,20H,11-13H2,1-2H3,(H,19,21). The summed E-state index contributed by atoms with van der Waals surface area (Å²) in [6.45, 7) is 2.85. The van der Waals surface area contributed by atoms with Crippen LogP contribution in [0.25, 0.3) is 0 Å². The molecule has 2 N–H and O–H groups in total. The van der Waals surface area contributed by atoms with Crippen LogP contribution in [0.1, 0.15) is 27.0 Å². The molecule has 0 atom stereocenters. The van der Waals surface area contributed by atoms with Gasteiger partial charge in [0.25, 0.3) is 5.91 Å². The van der Waals surface area contributed by atoms with Crippen LogP contribution in [0.5, 0.6) is 0 Å². The van der Waals surface area contributed by atoms with Gasteiger partial charge in [0.15, 0.2) is 0 Å². The van der Waals surface area contributed by atoms with Crippen molar-refractivity contribution in [1.29, 1.82) is 0 Å². The Morgan fingerprint density at radius 1 is 0.958 bits per heavy atom. The van der Waals surface area contributed by atoms with Crippen molar-refractivity contribution in [2.24, 2.45) is 0 Å². The maximum atomic E-state index is 12.1. The first kappa shape index (κ1) is 18.2. The molecule has 0 aliphatic rings. The lowest BCUT2D eigenvalue weighted by molar-refractivity contribution is 0.0951. The second-order valence-corrected chi connectivity index (χ2v) is 7.61. The molecule has 0 saturated carbocycles. The molecule has 0 radical (unpaired) electrons. The number of rotatable bonds is 7. The van der Waals surface area contributed by atoms with Crippen LogP contribution < -0.4 is 10.0 Å². The summed E-state index contributed by atoms with van der Waals surface area (Å²) in [5, 5.41) is 2.89. The molecule has 0 aliphatic heterocycles.